The van der Waals surface area contributed by atoms with Crippen LogP contribution in [0, 0.1) is 5.82 Å². The molecule has 3 aromatic rings. The van der Waals surface area contributed by atoms with Crippen LogP contribution in [0.25, 0.3) is 6.08 Å². The average Bonchev–Trinajstić information content (AvgIpc) is 3.24. The highest BCUT2D eigenvalue weighted by Gasteiger charge is 2.09. The number of ketones is 1. The van der Waals surface area contributed by atoms with Gasteiger partial charge in [0.2, 0.25) is 5.91 Å². The average molecular weight is 389 g/mol. The molecule has 138 valence electrons. The van der Waals surface area contributed by atoms with Gasteiger partial charge in [0.15, 0.2) is 17.4 Å². The molecule has 0 saturated carbocycles. The highest BCUT2D eigenvalue weighted by atomic mass is 35.5. The lowest BCUT2D eigenvalue weighted by Gasteiger charge is -1.99. The van der Waals surface area contributed by atoms with Crippen LogP contribution >= 0.6 is 11.6 Å². The van der Waals surface area contributed by atoms with Crippen molar-refractivity contribution < 1.29 is 18.4 Å². The zero-order valence-corrected chi connectivity index (χ0v) is 14.9. The van der Waals surface area contributed by atoms with Gasteiger partial charge in [0.1, 0.15) is 18.1 Å². The third-order valence-corrected chi connectivity index (χ3v) is 3.80. The molecular formula is C18H14ClFN4O3. The maximum atomic E-state index is 13.0. The number of carbonyl (C=O) groups excluding carboxylic acids is 2. The van der Waals surface area contributed by atoms with E-state index in [1.807, 2.05) is 0 Å². The summed E-state index contributed by atoms with van der Waals surface area (Å²) in [4.78, 5) is 24.5. The van der Waals surface area contributed by atoms with E-state index in [0.717, 1.165) is 6.07 Å². The van der Waals surface area contributed by atoms with Crippen molar-refractivity contribution in [3.8, 4) is 0 Å². The molecule has 2 heterocycles. The topological polar surface area (TPSA) is 90.0 Å². The fraction of sp³-hybridized carbons (Fsp3) is 0.111. The van der Waals surface area contributed by atoms with E-state index >= 15 is 0 Å². The van der Waals surface area contributed by atoms with Crippen LogP contribution in [-0.4, -0.2) is 26.7 Å². The molecule has 0 fully saturated rings. The Hall–Kier alpha value is -3.26. The predicted octanol–water partition coefficient (Wildman–Crippen LogP) is 3.57. The second kappa shape index (κ2) is 7.96. The largest absolute Gasteiger partial charge is 0.456 e. The number of rotatable bonds is 6. The van der Waals surface area contributed by atoms with E-state index in [4.69, 9.17) is 16.0 Å². The Bertz CT molecular complexity index is 1030. The van der Waals surface area contributed by atoms with Crippen molar-refractivity contribution in [2.45, 2.75) is 13.5 Å². The Kier molecular flexibility index (Phi) is 5.46. The SMILES string of the molecule is CC(=O)c1ccc(Cn2ncc(NC(=O)C=Cc3ccc(F)cc3Cl)n2)o1. The molecule has 3 rings (SSSR count). The predicted molar refractivity (Wildman–Crippen MR) is 96.9 cm³/mol. The quantitative estimate of drug-likeness (QED) is 0.515. The summed E-state index contributed by atoms with van der Waals surface area (Å²) >= 11 is 5.90. The summed E-state index contributed by atoms with van der Waals surface area (Å²) in [6.07, 6.45) is 4.10. The lowest BCUT2D eigenvalue weighted by molar-refractivity contribution is -0.111. The molecule has 2 aromatic heterocycles. The summed E-state index contributed by atoms with van der Waals surface area (Å²) in [7, 11) is 0. The van der Waals surface area contributed by atoms with Crippen LogP contribution in [0.2, 0.25) is 5.02 Å². The number of carbonyl (C=O) groups is 2. The number of furan rings is 1. The Morgan fingerprint density at radius 1 is 1.33 bits per heavy atom. The van der Waals surface area contributed by atoms with Gasteiger partial charge in [0.05, 0.1) is 11.2 Å². The van der Waals surface area contributed by atoms with Crippen LogP contribution in [0.4, 0.5) is 10.2 Å². The molecule has 0 saturated heterocycles. The summed E-state index contributed by atoms with van der Waals surface area (Å²) in [5.74, 6) is -0.0526. The number of hydrogen-bond donors (Lipinski definition) is 1. The van der Waals surface area contributed by atoms with Crippen LogP contribution in [0.15, 0.2) is 47.0 Å². The van der Waals surface area contributed by atoms with Crippen molar-refractivity contribution in [3.63, 3.8) is 0 Å². The van der Waals surface area contributed by atoms with Crippen LogP contribution in [0.3, 0.4) is 0 Å². The molecule has 0 aliphatic rings. The second-order valence-corrected chi connectivity index (χ2v) is 5.98. The van der Waals surface area contributed by atoms with E-state index in [1.54, 1.807) is 12.1 Å². The van der Waals surface area contributed by atoms with Crippen LogP contribution < -0.4 is 5.32 Å². The fourth-order valence-electron chi connectivity index (χ4n) is 2.19. The van der Waals surface area contributed by atoms with Crippen LogP contribution in [0.5, 0.6) is 0 Å². The smallest absolute Gasteiger partial charge is 0.249 e. The first kappa shape index (κ1) is 18.5. The molecule has 9 heteroatoms. The summed E-state index contributed by atoms with van der Waals surface area (Å²) in [6.45, 7) is 1.62. The van der Waals surface area contributed by atoms with Gasteiger partial charge in [-0.1, -0.05) is 17.7 Å². The van der Waals surface area contributed by atoms with Crippen molar-refractivity contribution in [2.75, 3.05) is 5.32 Å². The van der Waals surface area contributed by atoms with E-state index in [2.05, 4.69) is 15.5 Å². The first-order chi connectivity index (χ1) is 12.9. The number of hydrogen-bond acceptors (Lipinski definition) is 5. The third-order valence-electron chi connectivity index (χ3n) is 3.47. The van der Waals surface area contributed by atoms with E-state index in [9.17, 15) is 14.0 Å². The van der Waals surface area contributed by atoms with E-state index < -0.39 is 11.7 Å². The Labute approximate surface area is 158 Å². The molecule has 27 heavy (non-hydrogen) atoms. The molecule has 1 amide bonds. The number of benzene rings is 1. The highest BCUT2D eigenvalue weighted by molar-refractivity contribution is 6.32. The Morgan fingerprint density at radius 3 is 2.85 bits per heavy atom. The minimum Gasteiger partial charge on any atom is -0.456 e. The molecule has 7 nitrogen and oxygen atoms in total. The van der Waals surface area contributed by atoms with Gasteiger partial charge in [-0.05, 0) is 35.9 Å². The maximum absolute atomic E-state index is 13.0. The van der Waals surface area contributed by atoms with Gasteiger partial charge < -0.3 is 9.73 Å². The zero-order valence-electron chi connectivity index (χ0n) is 14.1. The number of nitrogens with one attached hydrogen (secondary N) is 1. The molecule has 1 N–H and O–H groups in total. The first-order valence-electron chi connectivity index (χ1n) is 7.84. The summed E-state index contributed by atoms with van der Waals surface area (Å²) in [5, 5.41) is 10.9. The van der Waals surface area contributed by atoms with E-state index in [1.165, 1.54) is 42.2 Å². The number of amides is 1. The number of anilines is 1. The number of halogens is 2. The lowest BCUT2D eigenvalue weighted by Crippen LogP contribution is -2.09. The van der Waals surface area contributed by atoms with Gasteiger partial charge in [-0.3, -0.25) is 9.59 Å². The van der Waals surface area contributed by atoms with Crippen LogP contribution in [-0.2, 0) is 11.3 Å². The monoisotopic (exact) mass is 388 g/mol. The van der Waals surface area contributed by atoms with Gasteiger partial charge in [-0.2, -0.15) is 9.90 Å². The summed E-state index contributed by atoms with van der Waals surface area (Å²) < 4.78 is 18.4. The molecule has 0 spiro atoms. The highest BCUT2D eigenvalue weighted by Crippen LogP contribution is 2.18. The van der Waals surface area contributed by atoms with E-state index in [-0.39, 0.29) is 28.9 Å². The van der Waals surface area contributed by atoms with E-state index in [0.29, 0.717) is 11.3 Å². The van der Waals surface area contributed by atoms with Crippen molar-refractivity contribution in [1.29, 1.82) is 0 Å². The standard InChI is InChI=1S/C18H14ClFN4O3/c1-11(25)16-6-5-14(27-16)10-24-21-9-17(23-24)22-18(26)7-3-12-2-4-13(20)8-15(12)19/h2-9H,10H2,1H3,(H,22,23,26). The number of aromatic nitrogens is 3. The molecule has 0 atom stereocenters. The van der Waals surface area contributed by atoms with Gasteiger partial charge in [-0.25, -0.2) is 4.39 Å². The Morgan fingerprint density at radius 2 is 2.15 bits per heavy atom. The van der Waals surface area contributed by atoms with Crippen LogP contribution in [0.1, 0.15) is 28.8 Å². The molecular weight excluding hydrogens is 375 g/mol. The van der Waals surface area contributed by atoms with Crippen molar-refractivity contribution >= 4 is 35.2 Å². The molecule has 1 aromatic carbocycles. The normalized spacial score (nSPS) is 11.1. The minimum atomic E-state index is -0.454. The molecule has 0 aliphatic heterocycles. The van der Waals surface area contributed by atoms with Crippen molar-refractivity contribution in [2.24, 2.45) is 0 Å². The molecule has 0 bridgehead atoms. The van der Waals surface area contributed by atoms with Gasteiger partial charge in [0.25, 0.3) is 0 Å². The fourth-order valence-corrected chi connectivity index (χ4v) is 2.42. The number of Topliss-reactive ketones (excluding diaryl/α,β-unsaturated/α-hetero) is 1. The zero-order chi connectivity index (χ0) is 19.4. The van der Waals surface area contributed by atoms with Crippen molar-refractivity contribution in [1.82, 2.24) is 15.0 Å². The number of nitrogens with zero attached hydrogens (tertiary/aromatic N) is 3. The van der Waals surface area contributed by atoms with Gasteiger partial charge >= 0.3 is 0 Å². The third kappa shape index (κ3) is 4.89. The summed E-state index contributed by atoms with van der Waals surface area (Å²) in [5.41, 5.74) is 0.510. The summed E-state index contributed by atoms with van der Waals surface area (Å²) in [6, 6.07) is 7.12. The van der Waals surface area contributed by atoms with Crippen molar-refractivity contribution in [3.05, 3.63) is 70.5 Å². The lowest BCUT2D eigenvalue weighted by atomic mass is 10.2. The van der Waals surface area contributed by atoms with Gasteiger partial charge in [-0.15, -0.1) is 5.10 Å². The first-order valence-corrected chi connectivity index (χ1v) is 8.22. The second-order valence-electron chi connectivity index (χ2n) is 5.57. The minimum absolute atomic E-state index is 0.171. The maximum Gasteiger partial charge on any atom is 0.249 e. The van der Waals surface area contributed by atoms with Gasteiger partial charge in [0, 0.05) is 13.0 Å². The molecule has 0 unspecified atom stereocenters. The molecule has 0 radical (unpaired) electrons. The Balaban J connectivity index is 1.60. The molecule has 0 aliphatic carbocycles.